The number of esters is 1. The topological polar surface area (TPSA) is 100 Å². The number of aromatic nitrogens is 1. The lowest BCUT2D eigenvalue weighted by Gasteiger charge is -2.23. The molecule has 0 atom stereocenters. The van der Waals surface area contributed by atoms with Crippen molar-refractivity contribution in [2.45, 2.75) is 58.9 Å². The van der Waals surface area contributed by atoms with E-state index in [1.165, 1.54) is 6.42 Å². The largest absolute Gasteiger partial charge is 0.462 e. The van der Waals surface area contributed by atoms with Crippen LogP contribution in [-0.2, 0) is 4.74 Å². The molecule has 3 N–H and O–H groups in total. The van der Waals surface area contributed by atoms with Gasteiger partial charge in [0.15, 0.2) is 0 Å². The molecule has 0 spiro atoms. The van der Waals surface area contributed by atoms with Crippen molar-refractivity contribution in [3.63, 3.8) is 0 Å². The fourth-order valence-corrected chi connectivity index (χ4v) is 4.17. The van der Waals surface area contributed by atoms with Gasteiger partial charge in [-0.15, -0.1) is 0 Å². The monoisotopic (exact) mass is 445 g/mol. The van der Waals surface area contributed by atoms with E-state index in [4.69, 9.17) is 16.3 Å². The number of rotatable bonds is 6. The average molecular weight is 446 g/mol. The third-order valence-corrected chi connectivity index (χ3v) is 5.88. The number of ether oxygens (including phenoxy) is 1. The Morgan fingerprint density at radius 2 is 1.84 bits per heavy atom. The van der Waals surface area contributed by atoms with Crippen molar-refractivity contribution in [1.29, 1.82) is 0 Å². The van der Waals surface area contributed by atoms with Crippen molar-refractivity contribution >= 4 is 35.1 Å². The minimum absolute atomic E-state index is 0.154. The van der Waals surface area contributed by atoms with E-state index in [0.717, 1.165) is 25.7 Å². The molecule has 0 aliphatic heterocycles. The first-order valence-corrected chi connectivity index (χ1v) is 11.0. The molecular formula is C23H28ClN3O4. The number of aryl methyl sites for hydroxylation is 1. The van der Waals surface area contributed by atoms with Crippen LogP contribution in [0.1, 0.15) is 81.5 Å². The van der Waals surface area contributed by atoms with Gasteiger partial charge in [0, 0.05) is 17.4 Å². The van der Waals surface area contributed by atoms with Crippen LogP contribution in [0, 0.1) is 13.8 Å². The number of hydrogen-bond donors (Lipinski definition) is 3. The molecule has 1 saturated carbocycles. The first-order chi connectivity index (χ1) is 14.8. The van der Waals surface area contributed by atoms with Crippen molar-refractivity contribution in [3.8, 4) is 0 Å². The Morgan fingerprint density at radius 1 is 1.13 bits per heavy atom. The molecule has 0 radical (unpaired) electrons. The van der Waals surface area contributed by atoms with Gasteiger partial charge in [0.05, 0.1) is 22.8 Å². The van der Waals surface area contributed by atoms with Crippen LogP contribution in [0.25, 0.3) is 0 Å². The minimum Gasteiger partial charge on any atom is -0.462 e. The summed E-state index contributed by atoms with van der Waals surface area (Å²) in [5.74, 6) is -1.14. The van der Waals surface area contributed by atoms with E-state index in [1.807, 2.05) is 0 Å². The summed E-state index contributed by atoms with van der Waals surface area (Å²) in [5, 5.41) is 6.14. The highest BCUT2D eigenvalue weighted by atomic mass is 35.5. The van der Waals surface area contributed by atoms with Gasteiger partial charge in [0.25, 0.3) is 11.8 Å². The summed E-state index contributed by atoms with van der Waals surface area (Å²) in [6, 6.07) is 4.94. The summed E-state index contributed by atoms with van der Waals surface area (Å²) < 4.78 is 5.07. The number of carbonyl (C=O) groups is 3. The Morgan fingerprint density at radius 3 is 2.52 bits per heavy atom. The predicted molar refractivity (Wildman–Crippen MR) is 120 cm³/mol. The highest BCUT2D eigenvalue weighted by Gasteiger charge is 2.24. The summed E-state index contributed by atoms with van der Waals surface area (Å²) in [7, 11) is 0. The van der Waals surface area contributed by atoms with Gasteiger partial charge >= 0.3 is 5.97 Å². The summed E-state index contributed by atoms with van der Waals surface area (Å²) in [4.78, 5) is 40.7. The van der Waals surface area contributed by atoms with Crippen LogP contribution < -0.4 is 10.6 Å². The molecule has 31 heavy (non-hydrogen) atoms. The minimum atomic E-state index is -0.471. The molecule has 7 nitrogen and oxygen atoms in total. The fourth-order valence-electron chi connectivity index (χ4n) is 3.97. The number of hydrogen-bond acceptors (Lipinski definition) is 4. The molecule has 2 amide bonds. The quantitative estimate of drug-likeness (QED) is 0.557. The lowest BCUT2D eigenvalue weighted by Crippen LogP contribution is -2.36. The van der Waals surface area contributed by atoms with Crippen molar-refractivity contribution in [2.75, 3.05) is 11.9 Å². The normalized spacial score (nSPS) is 14.2. The number of nitrogens with one attached hydrogen (secondary N) is 3. The lowest BCUT2D eigenvalue weighted by atomic mass is 9.95. The molecule has 3 rings (SSSR count). The molecule has 8 heteroatoms. The summed E-state index contributed by atoms with van der Waals surface area (Å²) >= 11 is 6.25. The van der Waals surface area contributed by atoms with Crippen LogP contribution in [-0.4, -0.2) is 35.4 Å². The Balaban J connectivity index is 1.76. The highest BCUT2D eigenvalue weighted by Crippen LogP contribution is 2.24. The van der Waals surface area contributed by atoms with Crippen molar-refractivity contribution in [1.82, 2.24) is 10.3 Å². The number of benzene rings is 1. The van der Waals surface area contributed by atoms with Gasteiger partial charge in [-0.1, -0.05) is 30.9 Å². The molecule has 1 aromatic carbocycles. The van der Waals surface area contributed by atoms with Gasteiger partial charge < -0.3 is 20.4 Å². The Hall–Kier alpha value is -2.80. The van der Waals surface area contributed by atoms with E-state index in [9.17, 15) is 14.4 Å². The predicted octanol–water partition coefficient (Wildman–Crippen LogP) is 4.78. The van der Waals surface area contributed by atoms with Gasteiger partial charge in [-0.3, -0.25) is 9.59 Å². The second-order valence-corrected chi connectivity index (χ2v) is 8.21. The second kappa shape index (κ2) is 10.0. The van der Waals surface area contributed by atoms with Gasteiger partial charge in [-0.05, 0) is 57.4 Å². The van der Waals surface area contributed by atoms with Crippen LogP contribution in [0.2, 0.25) is 5.02 Å². The molecule has 0 bridgehead atoms. The molecule has 0 unspecified atom stereocenters. The molecule has 1 aliphatic carbocycles. The first-order valence-electron chi connectivity index (χ1n) is 10.6. The van der Waals surface area contributed by atoms with E-state index in [0.29, 0.717) is 33.1 Å². The van der Waals surface area contributed by atoms with E-state index in [1.54, 1.807) is 39.0 Å². The molecule has 1 aromatic heterocycles. The van der Waals surface area contributed by atoms with Gasteiger partial charge in [0.2, 0.25) is 0 Å². The molecule has 166 valence electrons. The maximum absolute atomic E-state index is 12.8. The number of carbonyl (C=O) groups excluding carboxylic acids is 3. The zero-order valence-electron chi connectivity index (χ0n) is 18.1. The molecular weight excluding hydrogens is 418 g/mol. The zero-order valence-corrected chi connectivity index (χ0v) is 18.8. The molecule has 1 heterocycles. The average Bonchev–Trinajstić information content (AvgIpc) is 3.04. The molecule has 2 aromatic rings. The van der Waals surface area contributed by atoms with Crippen LogP contribution in [0.15, 0.2) is 18.2 Å². The molecule has 1 fully saturated rings. The number of aromatic amines is 1. The van der Waals surface area contributed by atoms with E-state index < -0.39 is 11.9 Å². The Kier molecular flexibility index (Phi) is 7.38. The van der Waals surface area contributed by atoms with Gasteiger partial charge in [0.1, 0.15) is 5.69 Å². The molecule has 0 saturated heterocycles. The number of halogens is 1. The van der Waals surface area contributed by atoms with Crippen LogP contribution in [0.5, 0.6) is 0 Å². The highest BCUT2D eigenvalue weighted by molar-refractivity contribution is 6.34. The molecule has 1 aliphatic rings. The zero-order chi connectivity index (χ0) is 22.5. The van der Waals surface area contributed by atoms with Crippen molar-refractivity contribution in [3.05, 3.63) is 51.3 Å². The summed E-state index contributed by atoms with van der Waals surface area (Å²) in [6.07, 6.45) is 5.35. The summed E-state index contributed by atoms with van der Waals surface area (Å²) in [6.45, 7) is 5.38. The second-order valence-electron chi connectivity index (χ2n) is 7.80. The smallest absolute Gasteiger partial charge is 0.340 e. The van der Waals surface area contributed by atoms with Crippen LogP contribution in [0.4, 0.5) is 5.69 Å². The van der Waals surface area contributed by atoms with Crippen LogP contribution in [0.3, 0.4) is 0 Å². The SMILES string of the molecule is CCOC(=O)c1c(C)[nH]c(C(=O)Nc2ccc(Cl)c(C(=O)NC3CCCCC3)c2)c1C. The third kappa shape index (κ3) is 5.28. The maximum Gasteiger partial charge on any atom is 0.340 e. The van der Waals surface area contributed by atoms with E-state index in [-0.39, 0.29) is 24.2 Å². The van der Waals surface area contributed by atoms with E-state index in [2.05, 4.69) is 15.6 Å². The Bertz CT molecular complexity index is 993. The van der Waals surface area contributed by atoms with Crippen molar-refractivity contribution < 1.29 is 19.1 Å². The Labute approximate surface area is 186 Å². The summed E-state index contributed by atoms with van der Waals surface area (Å²) in [5.41, 5.74) is 2.45. The van der Waals surface area contributed by atoms with Crippen molar-refractivity contribution in [2.24, 2.45) is 0 Å². The van der Waals surface area contributed by atoms with Crippen LogP contribution >= 0.6 is 11.6 Å². The first kappa shape index (κ1) is 22.9. The fraction of sp³-hybridized carbons (Fsp3) is 0.435. The van der Waals surface area contributed by atoms with Gasteiger partial charge in [-0.2, -0.15) is 0 Å². The number of H-pyrrole nitrogens is 1. The standard InChI is InChI=1S/C23H28ClN3O4/c1-4-31-23(30)19-13(2)20(25-14(19)3)22(29)27-16-10-11-18(24)17(12-16)21(28)26-15-8-6-5-7-9-15/h10-12,15,25H,4-9H2,1-3H3,(H,26,28)(H,27,29). The lowest BCUT2D eigenvalue weighted by molar-refractivity contribution is 0.0524. The number of amides is 2. The third-order valence-electron chi connectivity index (χ3n) is 5.55. The van der Waals surface area contributed by atoms with E-state index >= 15 is 0 Å². The number of anilines is 1. The maximum atomic E-state index is 12.8. The van der Waals surface area contributed by atoms with Gasteiger partial charge in [-0.25, -0.2) is 4.79 Å².